The van der Waals surface area contributed by atoms with Crippen molar-refractivity contribution in [3.63, 3.8) is 0 Å². The van der Waals surface area contributed by atoms with Gasteiger partial charge in [-0.3, -0.25) is 8.37 Å². The third-order valence-corrected chi connectivity index (χ3v) is 5.41. The normalized spacial score (nSPS) is 14.5. The summed E-state index contributed by atoms with van der Waals surface area (Å²) in [4.78, 5) is 0. The predicted molar refractivity (Wildman–Crippen MR) is 109 cm³/mol. The number of benzene rings is 2. The van der Waals surface area contributed by atoms with Gasteiger partial charge in [-0.2, -0.15) is 16.8 Å². The van der Waals surface area contributed by atoms with E-state index in [0.29, 0.717) is 19.3 Å². The zero-order chi connectivity index (χ0) is 20.6. The van der Waals surface area contributed by atoms with Crippen LogP contribution >= 0.6 is 0 Å². The Kier molecular flexibility index (Phi) is 8.18. The smallest absolute Gasteiger partial charge is 0.264 e. The monoisotopic (exact) mass is 426 g/mol. The van der Waals surface area contributed by atoms with Crippen LogP contribution in [0.25, 0.3) is 0 Å². The molecule has 0 bridgehead atoms. The number of rotatable bonds is 11. The summed E-state index contributed by atoms with van der Waals surface area (Å²) in [6.45, 7) is -0.140. The van der Waals surface area contributed by atoms with Gasteiger partial charge in [-0.1, -0.05) is 60.7 Å². The van der Waals surface area contributed by atoms with E-state index < -0.39 is 32.3 Å². The highest BCUT2D eigenvalue weighted by atomic mass is 32.2. The molecule has 0 unspecified atom stereocenters. The van der Waals surface area contributed by atoms with Crippen LogP contribution in [0.5, 0.6) is 0 Å². The van der Waals surface area contributed by atoms with Crippen molar-refractivity contribution < 1.29 is 25.2 Å². The summed E-state index contributed by atoms with van der Waals surface area (Å²) in [5.74, 6) is -0.426. The molecule has 0 saturated heterocycles. The lowest BCUT2D eigenvalue weighted by atomic mass is 9.91. The van der Waals surface area contributed by atoms with Crippen molar-refractivity contribution in [1.29, 1.82) is 0 Å². The second kappa shape index (κ2) is 10.2. The second-order valence-electron chi connectivity index (χ2n) is 6.80. The van der Waals surface area contributed by atoms with Crippen LogP contribution < -0.4 is 0 Å². The first-order chi connectivity index (χ1) is 13.1. The number of hydrogen-bond acceptors (Lipinski definition) is 6. The molecular formula is C20H26O6S2. The van der Waals surface area contributed by atoms with E-state index in [-0.39, 0.29) is 6.61 Å². The molecule has 0 aromatic heterocycles. The molecule has 28 heavy (non-hydrogen) atoms. The molecule has 2 rings (SSSR count). The van der Waals surface area contributed by atoms with Crippen LogP contribution in [0.15, 0.2) is 60.7 Å². The van der Waals surface area contributed by atoms with Gasteiger partial charge in [0.1, 0.15) is 0 Å². The standard InChI is InChI=1S/C20H26O6S2/c1-27(21,22)25-16-19(14-13-17-9-5-3-6-10-17)20(26-28(2,23)24)15-18-11-7-4-8-12-18/h3-12,19-20H,13-16H2,1-2H3/t19-,20+/m1/s1. The third kappa shape index (κ3) is 8.97. The molecule has 2 aromatic carbocycles. The van der Waals surface area contributed by atoms with E-state index in [1.54, 1.807) is 0 Å². The maximum absolute atomic E-state index is 11.8. The number of aryl methyl sites for hydroxylation is 1. The molecule has 0 aliphatic carbocycles. The molecule has 0 saturated carbocycles. The first-order valence-electron chi connectivity index (χ1n) is 8.93. The molecule has 0 aliphatic heterocycles. The van der Waals surface area contributed by atoms with Crippen LogP contribution in [0.1, 0.15) is 17.5 Å². The Bertz CT molecular complexity index is 925. The van der Waals surface area contributed by atoms with E-state index in [9.17, 15) is 16.8 Å². The first kappa shape index (κ1) is 22.5. The van der Waals surface area contributed by atoms with Crippen molar-refractivity contribution in [2.45, 2.75) is 25.4 Å². The highest BCUT2D eigenvalue weighted by Gasteiger charge is 2.28. The third-order valence-electron chi connectivity index (χ3n) is 4.25. The summed E-state index contributed by atoms with van der Waals surface area (Å²) in [5, 5.41) is 0. The van der Waals surface area contributed by atoms with Gasteiger partial charge < -0.3 is 0 Å². The summed E-state index contributed by atoms with van der Waals surface area (Å²) in [6.07, 6.45) is 2.74. The molecule has 0 aliphatic rings. The summed E-state index contributed by atoms with van der Waals surface area (Å²) >= 11 is 0. The Morgan fingerprint density at radius 3 is 1.82 bits per heavy atom. The van der Waals surface area contributed by atoms with Crippen molar-refractivity contribution in [1.82, 2.24) is 0 Å². The van der Waals surface area contributed by atoms with Gasteiger partial charge in [-0.25, -0.2) is 0 Å². The summed E-state index contributed by atoms with van der Waals surface area (Å²) in [6, 6.07) is 19.0. The van der Waals surface area contributed by atoms with Gasteiger partial charge in [-0.05, 0) is 24.0 Å². The van der Waals surface area contributed by atoms with Crippen LogP contribution in [-0.4, -0.2) is 42.1 Å². The Hall–Kier alpha value is -1.74. The first-order valence-corrected chi connectivity index (χ1v) is 12.6. The van der Waals surface area contributed by atoms with E-state index in [0.717, 1.165) is 23.6 Å². The molecule has 6 nitrogen and oxygen atoms in total. The molecule has 154 valence electrons. The molecular weight excluding hydrogens is 400 g/mol. The van der Waals surface area contributed by atoms with E-state index in [2.05, 4.69) is 0 Å². The summed E-state index contributed by atoms with van der Waals surface area (Å²) < 4.78 is 57.0. The van der Waals surface area contributed by atoms with Crippen LogP contribution in [0.2, 0.25) is 0 Å². The Morgan fingerprint density at radius 2 is 1.32 bits per heavy atom. The highest BCUT2D eigenvalue weighted by Crippen LogP contribution is 2.22. The fourth-order valence-electron chi connectivity index (χ4n) is 2.93. The molecule has 8 heteroatoms. The van der Waals surface area contributed by atoms with E-state index >= 15 is 0 Å². The zero-order valence-corrected chi connectivity index (χ0v) is 17.7. The van der Waals surface area contributed by atoms with Crippen molar-refractivity contribution in [2.24, 2.45) is 5.92 Å². The van der Waals surface area contributed by atoms with Crippen molar-refractivity contribution >= 4 is 20.2 Å². The Balaban J connectivity index is 2.23. The van der Waals surface area contributed by atoms with Crippen molar-refractivity contribution in [2.75, 3.05) is 19.1 Å². The second-order valence-corrected chi connectivity index (χ2v) is 10.0. The average molecular weight is 427 g/mol. The van der Waals surface area contributed by atoms with Crippen LogP contribution in [0.4, 0.5) is 0 Å². The molecule has 0 N–H and O–H groups in total. The largest absolute Gasteiger partial charge is 0.270 e. The molecule has 0 fully saturated rings. The van der Waals surface area contributed by atoms with Gasteiger partial charge in [0.2, 0.25) is 0 Å². The maximum atomic E-state index is 11.8. The van der Waals surface area contributed by atoms with Gasteiger partial charge in [0, 0.05) is 12.3 Å². The molecule has 0 radical (unpaired) electrons. The van der Waals surface area contributed by atoms with Gasteiger partial charge >= 0.3 is 0 Å². The van der Waals surface area contributed by atoms with Gasteiger partial charge in [0.25, 0.3) is 20.2 Å². The van der Waals surface area contributed by atoms with Gasteiger partial charge in [-0.15, -0.1) is 0 Å². The lowest BCUT2D eigenvalue weighted by molar-refractivity contribution is 0.0984. The zero-order valence-electron chi connectivity index (χ0n) is 16.0. The summed E-state index contributed by atoms with van der Waals surface area (Å²) in [5.41, 5.74) is 1.98. The average Bonchev–Trinajstić information content (AvgIpc) is 2.61. The maximum Gasteiger partial charge on any atom is 0.264 e. The van der Waals surface area contributed by atoms with E-state index in [1.165, 1.54) is 0 Å². The molecule has 0 heterocycles. The number of hydrogen-bond donors (Lipinski definition) is 0. The minimum absolute atomic E-state index is 0.140. The quantitative estimate of drug-likeness (QED) is 0.514. The Labute approximate surface area is 167 Å². The predicted octanol–water partition coefficient (Wildman–Crippen LogP) is 2.80. The minimum atomic E-state index is -3.73. The van der Waals surface area contributed by atoms with E-state index in [4.69, 9.17) is 8.37 Å². The van der Waals surface area contributed by atoms with Crippen molar-refractivity contribution in [3.05, 3.63) is 71.8 Å². The molecule has 2 atom stereocenters. The lowest BCUT2D eigenvalue weighted by Crippen LogP contribution is -2.33. The van der Waals surface area contributed by atoms with Gasteiger partial charge in [0.15, 0.2) is 0 Å². The topological polar surface area (TPSA) is 86.7 Å². The Morgan fingerprint density at radius 1 is 0.786 bits per heavy atom. The van der Waals surface area contributed by atoms with Crippen LogP contribution in [-0.2, 0) is 41.4 Å². The fourth-order valence-corrected chi connectivity index (χ4v) is 4.03. The van der Waals surface area contributed by atoms with Crippen LogP contribution in [0, 0.1) is 5.92 Å². The fraction of sp³-hybridized carbons (Fsp3) is 0.400. The molecule has 2 aromatic rings. The lowest BCUT2D eigenvalue weighted by Gasteiger charge is -2.26. The SMILES string of the molecule is CS(=O)(=O)OC[C@@H](CCc1ccccc1)[C@H](Cc1ccccc1)OS(C)(=O)=O. The van der Waals surface area contributed by atoms with Crippen molar-refractivity contribution in [3.8, 4) is 0 Å². The van der Waals surface area contributed by atoms with Crippen LogP contribution in [0.3, 0.4) is 0 Å². The summed E-state index contributed by atoms with van der Waals surface area (Å²) in [7, 11) is -7.39. The molecule has 0 amide bonds. The van der Waals surface area contributed by atoms with Gasteiger partial charge in [0.05, 0.1) is 25.2 Å². The highest BCUT2D eigenvalue weighted by molar-refractivity contribution is 7.86. The van der Waals surface area contributed by atoms with E-state index in [1.807, 2.05) is 60.7 Å². The minimum Gasteiger partial charge on any atom is -0.270 e. The molecule has 0 spiro atoms.